The van der Waals surface area contributed by atoms with Gasteiger partial charge in [0, 0.05) is 25.7 Å². The first-order chi connectivity index (χ1) is 43.9. The maximum absolute atomic E-state index is 13.0. The van der Waals surface area contributed by atoms with E-state index in [1.807, 2.05) is 0 Å². The lowest BCUT2D eigenvalue weighted by molar-refractivity contribution is -0.161. The van der Waals surface area contributed by atoms with Crippen LogP contribution in [-0.4, -0.2) is 96.7 Å². The van der Waals surface area contributed by atoms with Gasteiger partial charge in [-0.25, -0.2) is 9.13 Å². The monoisotopic (exact) mass is 1330 g/mol. The third-order valence-electron chi connectivity index (χ3n) is 16.4. The van der Waals surface area contributed by atoms with E-state index >= 15 is 0 Å². The summed E-state index contributed by atoms with van der Waals surface area (Å²) in [5.41, 5.74) is 0. The zero-order chi connectivity index (χ0) is 67.2. The van der Waals surface area contributed by atoms with E-state index in [9.17, 15) is 43.2 Å². The molecular formula is C72H136O17P2. The van der Waals surface area contributed by atoms with Gasteiger partial charge in [-0.15, -0.1) is 0 Å². The summed E-state index contributed by atoms with van der Waals surface area (Å²) in [6, 6.07) is 0. The summed E-state index contributed by atoms with van der Waals surface area (Å²) in [4.78, 5) is 72.6. The number of allylic oxidation sites excluding steroid dienone is 4. The lowest BCUT2D eigenvalue weighted by atomic mass is 9.99. The molecule has 0 amide bonds. The van der Waals surface area contributed by atoms with Crippen LogP contribution in [0.1, 0.15) is 343 Å². The summed E-state index contributed by atoms with van der Waals surface area (Å²) < 4.78 is 68.3. The third-order valence-corrected chi connectivity index (χ3v) is 18.3. The molecule has 0 heterocycles. The molecule has 0 aromatic heterocycles. The molecule has 0 saturated heterocycles. The summed E-state index contributed by atoms with van der Waals surface area (Å²) in [7, 11) is -9.92. The summed E-state index contributed by atoms with van der Waals surface area (Å²) >= 11 is 0. The molecular weight excluding hydrogens is 1200 g/mol. The van der Waals surface area contributed by atoms with E-state index in [4.69, 9.17) is 37.0 Å². The van der Waals surface area contributed by atoms with Crippen LogP contribution < -0.4 is 0 Å². The highest BCUT2D eigenvalue weighted by atomic mass is 31.2. The fourth-order valence-electron chi connectivity index (χ4n) is 10.4. The predicted octanol–water partition coefficient (Wildman–Crippen LogP) is 20.3. The van der Waals surface area contributed by atoms with Gasteiger partial charge in [-0.3, -0.25) is 37.3 Å². The highest BCUT2D eigenvalue weighted by molar-refractivity contribution is 7.47. The topological polar surface area (TPSA) is 237 Å². The van der Waals surface area contributed by atoms with E-state index in [-0.39, 0.29) is 25.7 Å². The van der Waals surface area contributed by atoms with Crippen LogP contribution in [0.2, 0.25) is 0 Å². The van der Waals surface area contributed by atoms with Gasteiger partial charge in [0.25, 0.3) is 0 Å². The zero-order valence-electron chi connectivity index (χ0n) is 58.6. The van der Waals surface area contributed by atoms with E-state index in [1.165, 1.54) is 148 Å². The number of esters is 4. The van der Waals surface area contributed by atoms with Crippen molar-refractivity contribution in [1.82, 2.24) is 0 Å². The first kappa shape index (κ1) is 88.5. The fraction of sp³-hybridized carbons (Fsp3) is 0.889. The number of rotatable bonds is 69. The largest absolute Gasteiger partial charge is 0.472 e. The number of phosphoric acid groups is 2. The molecule has 6 atom stereocenters. The Labute approximate surface area is 554 Å². The highest BCUT2D eigenvalue weighted by Crippen LogP contribution is 2.45. The van der Waals surface area contributed by atoms with Gasteiger partial charge in [0.05, 0.1) is 26.4 Å². The van der Waals surface area contributed by atoms with Crippen molar-refractivity contribution in [2.45, 2.75) is 362 Å². The number of phosphoric ester groups is 2. The van der Waals surface area contributed by atoms with E-state index in [1.54, 1.807) is 0 Å². The number of aliphatic hydroxyl groups is 1. The quantitative estimate of drug-likeness (QED) is 0.0169. The Morgan fingerprint density at radius 1 is 0.363 bits per heavy atom. The SMILES string of the molecule is CCCCCC/C=C\C=C/CCCCCCCC(=O)O[C@H](COC(=O)CCCCCCCCCCCCC(C)C)COP(=O)(O)OC[C@@H](O)COP(=O)(O)OC[C@@H](COC(=O)CCCCCCCCCCCCC)OC(=O)CCCCCCCCCCC(C)CC. The Hall–Kier alpha value is -2.46. The second kappa shape index (κ2) is 63.6. The predicted molar refractivity (Wildman–Crippen MR) is 367 cm³/mol. The summed E-state index contributed by atoms with van der Waals surface area (Å²) in [5, 5.41) is 10.6. The molecule has 0 spiro atoms. The van der Waals surface area contributed by atoms with E-state index in [0.29, 0.717) is 25.7 Å². The first-order valence-corrected chi connectivity index (χ1v) is 39.8. The molecule has 3 unspecified atom stereocenters. The number of carbonyl (C=O) groups excluding carboxylic acids is 4. The number of aliphatic hydroxyl groups excluding tert-OH is 1. The Kier molecular flexibility index (Phi) is 61.9. The van der Waals surface area contributed by atoms with Crippen LogP contribution in [0.5, 0.6) is 0 Å². The normalized spacial score (nSPS) is 14.6. The molecule has 17 nitrogen and oxygen atoms in total. The van der Waals surface area contributed by atoms with Gasteiger partial charge in [0.1, 0.15) is 19.3 Å². The number of ether oxygens (including phenoxy) is 4. The van der Waals surface area contributed by atoms with Crippen LogP contribution in [-0.2, 0) is 65.4 Å². The fourth-order valence-corrected chi connectivity index (χ4v) is 12.0. The molecule has 19 heteroatoms. The second-order valence-corrected chi connectivity index (χ2v) is 28.9. The smallest absolute Gasteiger partial charge is 0.462 e. The Morgan fingerprint density at radius 3 is 0.989 bits per heavy atom. The van der Waals surface area contributed by atoms with Crippen molar-refractivity contribution >= 4 is 39.5 Å². The minimum absolute atomic E-state index is 0.0846. The minimum Gasteiger partial charge on any atom is -0.462 e. The molecule has 0 aromatic rings. The summed E-state index contributed by atoms with van der Waals surface area (Å²) in [6.07, 6.45) is 52.0. The van der Waals surface area contributed by atoms with E-state index in [2.05, 4.69) is 65.8 Å². The standard InChI is InChI=1S/C72H136O17P2/c1-7-10-12-14-16-18-20-21-22-23-25-31-38-44-50-56-71(76)88-67(60-83-70(75)55-49-43-37-30-27-26-28-34-40-46-52-64(4)5)62-86-90(78,79)84-58-66(73)59-85-91(80,81)87-63-68(61-82-69(74)54-48-42-36-29-24-19-17-15-13-11-8-2)89-72(77)57-51-45-39-33-32-35-41-47-53-65(6)9-3/h18,20-22,64-68,73H,7-17,19,23-63H2,1-6H3,(H,78,79)(H,80,81)/b20-18-,22-21-/t65?,66-,67-,68-/m1/s1. The number of carbonyl (C=O) groups is 4. The zero-order valence-corrected chi connectivity index (χ0v) is 60.4. The summed E-state index contributed by atoms with van der Waals surface area (Å²) in [6.45, 7) is 9.48. The summed E-state index contributed by atoms with van der Waals surface area (Å²) in [5.74, 6) is -0.629. The number of hydrogen-bond donors (Lipinski definition) is 3. The van der Waals surface area contributed by atoms with Crippen LogP contribution in [0.15, 0.2) is 24.3 Å². The van der Waals surface area contributed by atoms with Crippen LogP contribution in [0.3, 0.4) is 0 Å². The lowest BCUT2D eigenvalue weighted by Crippen LogP contribution is -2.30. The number of unbranched alkanes of at least 4 members (excludes halogenated alkanes) is 35. The van der Waals surface area contributed by atoms with Crippen molar-refractivity contribution in [1.29, 1.82) is 0 Å². The van der Waals surface area contributed by atoms with Crippen LogP contribution in [0.25, 0.3) is 0 Å². The maximum atomic E-state index is 13.0. The van der Waals surface area contributed by atoms with Gasteiger partial charge in [-0.2, -0.15) is 0 Å². The second-order valence-electron chi connectivity index (χ2n) is 26.0. The van der Waals surface area contributed by atoms with E-state index in [0.717, 1.165) is 115 Å². The van der Waals surface area contributed by atoms with Crippen LogP contribution >= 0.6 is 15.6 Å². The van der Waals surface area contributed by atoms with Crippen LogP contribution in [0, 0.1) is 11.8 Å². The first-order valence-electron chi connectivity index (χ1n) is 36.8. The van der Waals surface area contributed by atoms with Crippen molar-refractivity contribution in [2.75, 3.05) is 39.6 Å². The lowest BCUT2D eigenvalue weighted by Gasteiger charge is -2.21. The van der Waals surface area contributed by atoms with Gasteiger partial charge in [0.15, 0.2) is 12.2 Å². The van der Waals surface area contributed by atoms with Gasteiger partial charge >= 0.3 is 39.5 Å². The van der Waals surface area contributed by atoms with Crippen molar-refractivity contribution < 1.29 is 80.2 Å². The van der Waals surface area contributed by atoms with Gasteiger partial charge in [-0.05, 0) is 63.2 Å². The maximum Gasteiger partial charge on any atom is 0.472 e. The number of hydrogen-bond acceptors (Lipinski definition) is 15. The Balaban J connectivity index is 5.30. The third kappa shape index (κ3) is 64.6. The van der Waals surface area contributed by atoms with Crippen molar-refractivity contribution in [3.05, 3.63) is 24.3 Å². The Bertz CT molecular complexity index is 1860. The molecule has 0 fully saturated rings. The Morgan fingerprint density at radius 2 is 0.648 bits per heavy atom. The molecule has 3 N–H and O–H groups in total. The molecule has 0 bridgehead atoms. The molecule has 0 aliphatic carbocycles. The van der Waals surface area contributed by atoms with Crippen molar-refractivity contribution in [3.8, 4) is 0 Å². The molecule has 0 aromatic carbocycles. The van der Waals surface area contributed by atoms with E-state index < -0.39 is 97.5 Å². The highest BCUT2D eigenvalue weighted by Gasteiger charge is 2.30. The average Bonchev–Trinajstić information content (AvgIpc) is 2.68. The molecule has 0 saturated carbocycles. The molecule has 91 heavy (non-hydrogen) atoms. The van der Waals surface area contributed by atoms with Crippen molar-refractivity contribution in [2.24, 2.45) is 11.8 Å². The molecule has 0 rings (SSSR count). The average molecular weight is 1340 g/mol. The minimum atomic E-state index is -4.96. The molecule has 0 radical (unpaired) electrons. The van der Waals surface area contributed by atoms with Gasteiger partial charge in [-0.1, -0.05) is 291 Å². The molecule has 0 aliphatic rings. The van der Waals surface area contributed by atoms with Gasteiger partial charge in [0.2, 0.25) is 0 Å². The molecule has 0 aliphatic heterocycles. The van der Waals surface area contributed by atoms with Gasteiger partial charge < -0.3 is 33.8 Å². The molecule has 536 valence electrons. The van der Waals surface area contributed by atoms with Crippen LogP contribution in [0.4, 0.5) is 0 Å². The van der Waals surface area contributed by atoms with Crippen molar-refractivity contribution in [3.63, 3.8) is 0 Å².